The number of carbonyl (C=O) groups excluding carboxylic acids is 2. The highest BCUT2D eigenvalue weighted by atomic mass is 32.2. The molecule has 0 saturated carbocycles. The van der Waals surface area contributed by atoms with Gasteiger partial charge in [-0.1, -0.05) is 23.9 Å². The molecular formula is C21H18N6O4S. The van der Waals surface area contributed by atoms with E-state index in [1.54, 1.807) is 31.4 Å². The maximum atomic E-state index is 12.5. The van der Waals surface area contributed by atoms with Gasteiger partial charge < -0.3 is 20.8 Å². The van der Waals surface area contributed by atoms with Crippen molar-refractivity contribution in [3.05, 3.63) is 70.6 Å². The lowest BCUT2D eigenvalue weighted by molar-refractivity contribution is -0.113. The summed E-state index contributed by atoms with van der Waals surface area (Å²) < 4.78 is 6.90. The fourth-order valence-electron chi connectivity index (χ4n) is 3.00. The molecule has 11 heteroatoms. The Balaban J connectivity index is 1.53. The predicted molar refractivity (Wildman–Crippen MR) is 120 cm³/mol. The van der Waals surface area contributed by atoms with Crippen LogP contribution in [0.2, 0.25) is 0 Å². The number of nitrogens with two attached hydrogens (primary N) is 1. The van der Waals surface area contributed by atoms with Crippen molar-refractivity contribution < 1.29 is 14.3 Å². The zero-order chi connectivity index (χ0) is 22.7. The number of aromatic amines is 1. The molecule has 2 aromatic heterocycles. The van der Waals surface area contributed by atoms with Gasteiger partial charge in [0, 0.05) is 11.3 Å². The first-order chi connectivity index (χ1) is 15.5. The zero-order valence-corrected chi connectivity index (χ0v) is 17.7. The SMILES string of the molecule is COc1ccccc1-n1ncc2c(=O)[nH]c(SCC(=O)Nc3ccc(C(N)=O)cc3)nc21. The summed E-state index contributed by atoms with van der Waals surface area (Å²) in [5, 5.41) is 7.59. The average molecular weight is 450 g/mol. The number of para-hydroxylation sites is 2. The van der Waals surface area contributed by atoms with Crippen molar-refractivity contribution in [3.63, 3.8) is 0 Å². The molecule has 2 amide bonds. The Morgan fingerprint density at radius 2 is 1.94 bits per heavy atom. The van der Waals surface area contributed by atoms with Crippen LogP contribution in [0.3, 0.4) is 0 Å². The average Bonchev–Trinajstić information content (AvgIpc) is 3.22. The highest BCUT2D eigenvalue weighted by Crippen LogP contribution is 2.25. The molecule has 4 aromatic rings. The molecule has 0 saturated heterocycles. The number of benzene rings is 2. The van der Waals surface area contributed by atoms with Crippen LogP contribution in [0.4, 0.5) is 5.69 Å². The van der Waals surface area contributed by atoms with Gasteiger partial charge in [0.15, 0.2) is 10.8 Å². The summed E-state index contributed by atoms with van der Waals surface area (Å²) in [4.78, 5) is 43.1. The smallest absolute Gasteiger partial charge is 0.262 e. The molecule has 0 aliphatic rings. The summed E-state index contributed by atoms with van der Waals surface area (Å²) in [6, 6.07) is 13.5. The summed E-state index contributed by atoms with van der Waals surface area (Å²) in [6.45, 7) is 0. The third-order valence-corrected chi connectivity index (χ3v) is 5.40. The minimum Gasteiger partial charge on any atom is -0.494 e. The molecule has 10 nitrogen and oxygen atoms in total. The Hall–Kier alpha value is -4.12. The van der Waals surface area contributed by atoms with E-state index >= 15 is 0 Å². The van der Waals surface area contributed by atoms with Gasteiger partial charge in [0.25, 0.3) is 5.56 Å². The molecule has 0 spiro atoms. The molecule has 4 N–H and O–H groups in total. The van der Waals surface area contributed by atoms with Crippen molar-refractivity contribution in [3.8, 4) is 11.4 Å². The van der Waals surface area contributed by atoms with Crippen molar-refractivity contribution in [2.75, 3.05) is 18.2 Å². The summed E-state index contributed by atoms with van der Waals surface area (Å²) in [7, 11) is 1.55. The molecule has 0 aliphatic carbocycles. The first-order valence-corrected chi connectivity index (χ1v) is 10.4. The monoisotopic (exact) mass is 450 g/mol. The molecule has 0 fully saturated rings. The number of primary amides is 1. The van der Waals surface area contributed by atoms with Gasteiger partial charge in [0.05, 0.1) is 19.1 Å². The molecule has 0 unspecified atom stereocenters. The van der Waals surface area contributed by atoms with Crippen LogP contribution in [0.5, 0.6) is 5.75 Å². The van der Waals surface area contributed by atoms with Crippen LogP contribution in [0.15, 0.2) is 64.7 Å². The van der Waals surface area contributed by atoms with E-state index in [9.17, 15) is 14.4 Å². The molecule has 2 aromatic carbocycles. The predicted octanol–water partition coefficient (Wildman–Crippen LogP) is 1.95. The van der Waals surface area contributed by atoms with Crippen LogP contribution in [0.1, 0.15) is 10.4 Å². The number of carbonyl (C=O) groups is 2. The number of nitrogens with one attached hydrogen (secondary N) is 2. The fourth-order valence-corrected chi connectivity index (χ4v) is 3.65. The van der Waals surface area contributed by atoms with Crippen LogP contribution in [0, 0.1) is 0 Å². The Kier molecular flexibility index (Phi) is 5.90. The van der Waals surface area contributed by atoms with Gasteiger partial charge in [-0.05, 0) is 36.4 Å². The number of hydrogen-bond donors (Lipinski definition) is 3. The second-order valence-electron chi connectivity index (χ2n) is 6.62. The quantitative estimate of drug-likeness (QED) is 0.288. The molecule has 162 valence electrons. The van der Waals surface area contributed by atoms with Crippen LogP contribution < -0.4 is 21.3 Å². The molecular weight excluding hydrogens is 432 g/mol. The van der Waals surface area contributed by atoms with Crippen molar-refractivity contribution in [1.82, 2.24) is 19.7 Å². The van der Waals surface area contributed by atoms with Gasteiger partial charge in [0.2, 0.25) is 11.8 Å². The lowest BCUT2D eigenvalue weighted by atomic mass is 10.2. The maximum Gasteiger partial charge on any atom is 0.262 e. The van der Waals surface area contributed by atoms with Crippen LogP contribution in [-0.4, -0.2) is 44.4 Å². The van der Waals surface area contributed by atoms with E-state index in [1.165, 1.54) is 23.0 Å². The van der Waals surface area contributed by atoms with Gasteiger partial charge in [-0.25, -0.2) is 9.67 Å². The maximum absolute atomic E-state index is 12.5. The molecule has 2 heterocycles. The number of thioether (sulfide) groups is 1. The molecule has 32 heavy (non-hydrogen) atoms. The van der Waals surface area contributed by atoms with Crippen molar-refractivity contribution in [2.45, 2.75) is 5.16 Å². The zero-order valence-electron chi connectivity index (χ0n) is 16.9. The minimum atomic E-state index is -0.545. The summed E-state index contributed by atoms with van der Waals surface area (Å²) in [5.74, 6) is -0.260. The largest absolute Gasteiger partial charge is 0.494 e. The van der Waals surface area contributed by atoms with E-state index in [2.05, 4.69) is 20.4 Å². The third kappa shape index (κ3) is 4.32. The van der Waals surface area contributed by atoms with Gasteiger partial charge in [-0.2, -0.15) is 5.10 Å². The Morgan fingerprint density at radius 3 is 2.66 bits per heavy atom. The van der Waals surface area contributed by atoms with E-state index in [0.717, 1.165) is 11.8 Å². The number of rotatable bonds is 7. The standard InChI is InChI=1S/C21H18N6O4S/c1-31-16-5-3-2-4-15(16)27-19-14(10-23-27)20(30)26-21(25-19)32-11-17(28)24-13-8-6-12(7-9-13)18(22)29/h2-10H,11H2,1H3,(H2,22,29)(H,24,28)(H,25,26,30). The first kappa shape index (κ1) is 21.1. The van der Waals surface area contributed by atoms with E-state index < -0.39 is 5.91 Å². The Morgan fingerprint density at radius 1 is 1.19 bits per heavy atom. The molecule has 0 bridgehead atoms. The fraction of sp³-hybridized carbons (Fsp3) is 0.0952. The Labute approximate surface area is 185 Å². The van der Waals surface area contributed by atoms with E-state index in [0.29, 0.717) is 33.7 Å². The van der Waals surface area contributed by atoms with Crippen LogP contribution in [-0.2, 0) is 4.79 Å². The second-order valence-corrected chi connectivity index (χ2v) is 7.58. The molecule has 0 radical (unpaired) electrons. The number of amides is 2. The minimum absolute atomic E-state index is 0.00874. The number of ether oxygens (including phenoxy) is 1. The number of anilines is 1. The van der Waals surface area contributed by atoms with E-state index in [4.69, 9.17) is 10.5 Å². The van der Waals surface area contributed by atoms with Crippen LogP contribution >= 0.6 is 11.8 Å². The number of methoxy groups -OCH3 is 1. The number of fused-ring (bicyclic) bond motifs is 1. The summed E-state index contributed by atoms with van der Waals surface area (Å²) in [6.07, 6.45) is 1.44. The highest BCUT2D eigenvalue weighted by molar-refractivity contribution is 7.99. The number of aromatic nitrogens is 4. The van der Waals surface area contributed by atoms with Gasteiger partial charge in [-0.3, -0.25) is 14.4 Å². The lowest BCUT2D eigenvalue weighted by Crippen LogP contribution is -2.16. The number of hydrogen-bond acceptors (Lipinski definition) is 7. The number of H-pyrrole nitrogens is 1. The molecule has 4 rings (SSSR count). The van der Waals surface area contributed by atoms with Crippen molar-refractivity contribution in [2.24, 2.45) is 5.73 Å². The van der Waals surface area contributed by atoms with E-state index in [1.807, 2.05) is 12.1 Å². The van der Waals surface area contributed by atoms with E-state index in [-0.39, 0.29) is 22.4 Å². The molecule has 0 aliphatic heterocycles. The normalized spacial score (nSPS) is 10.8. The van der Waals surface area contributed by atoms with Crippen LogP contribution in [0.25, 0.3) is 16.7 Å². The topological polar surface area (TPSA) is 145 Å². The summed E-state index contributed by atoms with van der Waals surface area (Å²) in [5.41, 5.74) is 6.70. The summed E-state index contributed by atoms with van der Waals surface area (Å²) >= 11 is 1.08. The lowest BCUT2D eigenvalue weighted by Gasteiger charge is -2.09. The molecule has 0 atom stereocenters. The highest BCUT2D eigenvalue weighted by Gasteiger charge is 2.15. The van der Waals surface area contributed by atoms with Gasteiger partial charge in [-0.15, -0.1) is 0 Å². The Bertz CT molecular complexity index is 1360. The second kappa shape index (κ2) is 8.94. The first-order valence-electron chi connectivity index (χ1n) is 9.40. The van der Waals surface area contributed by atoms with Crippen molar-refractivity contribution >= 4 is 40.3 Å². The van der Waals surface area contributed by atoms with Crippen molar-refractivity contribution in [1.29, 1.82) is 0 Å². The van der Waals surface area contributed by atoms with Gasteiger partial charge in [0.1, 0.15) is 16.8 Å². The third-order valence-electron chi connectivity index (χ3n) is 4.52. The number of nitrogens with zero attached hydrogens (tertiary/aromatic N) is 3. The van der Waals surface area contributed by atoms with Gasteiger partial charge >= 0.3 is 0 Å².